The van der Waals surface area contributed by atoms with Crippen LogP contribution in [0.3, 0.4) is 0 Å². The fourth-order valence-electron chi connectivity index (χ4n) is 1.77. The Labute approximate surface area is 128 Å². The monoisotopic (exact) mass is 317 g/mol. The number of aryl methyl sites for hydroxylation is 1. The van der Waals surface area contributed by atoms with E-state index in [0.29, 0.717) is 5.13 Å². The van der Waals surface area contributed by atoms with Gasteiger partial charge in [0.1, 0.15) is 10.8 Å². The summed E-state index contributed by atoms with van der Waals surface area (Å²) in [6, 6.07) is 6.85. The number of hydrogen-bond donors (Lipinski definition) is 2. The van der Waals surface area contributed by atoms with Gasteiger partial charge < -0.3 is 5.11 Å². The fourth-order valence-corrected chi connectivity index (χ4v) is 3.22. The second kappa shape index (κ2) is 5.63. The lowest BCUT2D eigenvalue weighted by molar-refractivity contribution is 0.102. The Morgan fingerprint density at radius 2 is 2.14 bits per heavy atom. The minimum Gasteiger partial charge on any atom is -0.507 e. The van der Waals surface area contributed by atoms with Crippen molar-refractivity contribution in [1.82, 2.24) is 10.2 Å². The molecule has 0 aliphatic heterocycles. The number of aromatic hydroxyl groups is 1. The minimum absolute atomic E-state index is 0.0462. The largest absolute Gasteiger partial charge is 0.507 e. The quantitative estimate of drug-likeness (QED) is 0.775. The van der Waals surface area contributed by atoms with Crippen LogP contribution in [0.1, 0.15) is 15.9 Å². The molecular formula is C14H11N3O2S2. The van der Waals surface area contributed by atoms with Gasteiger partial charge in [0.2, 0.25) is 5.13 Å². The van der Waals surface area contributed by atoms with Crippen molar-refractivity contribution in [2.24, 2.45) is 0 Å². The SMILES string of the molecule is Cc1ccc(C(=O)Nc2nnc(-c3ccsc3)s2)c(O)c1. The molecule has 0 bridgehead atoms. The first-order valence-corrected chi connectivity index (χ1v) is 7.86. The molecule has 0 aliphatic rings. The summed E-state index contributed by atoms with van der Waals surface area (Å²) >= 11 is 2.87. The Morgan fingerprint density at radius 3 is 2.86 bits per heavy atom. The summed E-state index contributed by atoms with van der Waals surface area (Å²) in [5.74, 6) is -0.449. The summed E-state index contributed by atoms with van der Waals surface area (Å²) < 4.78 is 0. The number of nitrogens with zero attached hydrogens (tertiary/aromatic N) is 2. The fraction of sp³-hybridized carbons (Fsp3) is 0.0714. The summed E-state index contributed by atoms with van der Waals surface area (Å²) in [6.07, 6.45) is 0. The third-order valence-corrected chi connectivity index (χ3v) is 4.38. The highest BCUT2D eigenvalue weighted by Crippen LogP contribution is 2.28. The van der Waals surface area contributed by atoms with Gasteiger partial charge in [-0.25, -0.2) is 0 Å². The van der Waals surface area contributed by atoms with Crippen LogP contribution in [0.4, 0.5) is 5.13 Å². The van der Waals surface area contributed by atoms with Gasteiger partial charge in [-0.2, -0.15) is 11.3 Å². The van der Waals surface area contributed by atoms with E-state index in [-0.39, 0.29) is 11.3 Å². The van der Waals surface area contributed by atoms with Crippen molar-refractivity contribution >= 4 is 33.7 Å². The van der Waals surface area contributed by atoms with Gasteiger partial charge in [-0.1, -0.05) is 17.4 Å². The predicted octanol–water partition coefficient (Wildman–Crippen LogP) is 3.53. The number of carbonyl (C=O) groups excluding carboxylic acids is 1. The standard InChI is InChI=1S/C14H11N3O2S2/c1-8-2-3-10(11(18)6-8)12(19)15-14-17-16-13(21-14)9-4-5-20-7-9/h2-7,18H,1H3,(H,15,17,19). The van der Waals surface area contributed by atoms with Crippen LogP contribution in [-0.2, 0) is 0 Å². The summed E-state index contributed by atoms with van der Waals surface area (Å²) in [5.41, 5.74) is 2.09. The van der Waals surface area contributed by atoms with E-state index in [2.05, 4.69) is 15.5 Å². The van der Waals surface area contributed by atoms with E-state index in [1.54, 1.807) is 29.5 Å². The molecule has 3 aromatic rings. The number of carbonyl (C=O) groups is 1. The van der Waals surface area contributed by atoms with Crippen LogP contribution in [0.5, 0.6) is 5.75 Å². The van der Waals surface area contributed by atoms with Gasteiger partial charge in [0.05, 0.1) is 5.56 Å². The average molecular weight is 317 g/mol. The number of amides is 1. The smallest absolute Gasteiger partial charge is 0.261 e. The van der Waals surface area contributed by atoms with Gasteiger partial charge in [-0.3, -0.25) is 10.1 Å². The van der Waals surface area contributed by atoms with Gasteiger partial charge in [-0.05, 0) is 36.1 Å². The van der Waals surface area contributed by atoms with Crippen LogP contribution in [0, 0.1) is 6.92 Å². The molecular weight excluding hydrogens is 306 g/mol. The first kappa shape index (κ1) is 13.7. The number of aromatic nitrogens is 2. The zero-order valence-corrected chi connectivity index (χ0v) is 12.7. The maximum Gasteiger partial charge on any atom is 0.261 e. The molecule has 0 aliphatic carbocycles. The summed E-state index contributed by atoms with van der Waals surface area (Å²) in [4.78, 5) is 12.1. The Bertz CT molecular complexity index is 781. The zero-order chi connectivity index (χ0) is 14.8. The molecule has 0 saturated heterocycles. The normalized spacial score (nSPS) is 10.5. The summed E-state index contributed by atoms with van der Waals surface area (Å²) in [7, 11) is 0. The molecule has 7 heteroatoms. The molecule has 0 spiro atoms. The Morgan fingerprint density at radius 1 is 1.29 bits per heavy atom. The summed E-state index contributed by atoms with van der Waals surface area (Å²) in [5, 5.41) is 25.5. The molecule has 0 fully saturated rings. The van der Waals surface area contributed by atoms with Crippen molar-refractivity contribution < 1.29 is 9.90 Å². The van der Waals surface area contributed by atoms with E-state index in [0.717, 1.165) is 16.1 Å². The summed E-state index contributed by atoms with van der Waals surface area (Å²) in [6.45, 7) is 1.85. The van der Waals surface area contributed by atoms with Crippen molar-refractivity contribution in [3.05, 3.63) is 46.2 Å². The van der Waals surface area contributed by atoms with Gasteiger partial charge >= 0.3 is 0 Å². The topological polar surface area (TPSA) is 75.1 Å². The molecule has 2 aromatic heterocycles. The Balaban J connectivity index is 1.79. The Hall–Kier alpha value is -2.25. The maximum absolute atomic E-state index is 12.1. The van der Waals surface area contributed by atoms with Gasteiger partial charge in [0, 0.05) is 10.9 Å². The molecule has 106 valence electrons. The van der Waals surface area contributed by atoms with Crippen molar-refractivity contribution in [3.63, 3.8) is 0 Å². The van der Waals surface area contributed by atoms with Crippen LogP contribution in [0.15, 0.2) is 35.0 Å². The molecule has 0 atom stereocenters. The number of nitrogens with one attached hydrogen (secondary N) is 1. The first-order valence-electron chi connectivity index (χ1n) is 6.10. The van der Waals surface area contributed by atoms with Crippen LogP contribution in [-0.4, -0.2) is 21.2 Å². The number of thiophene rings is 1. The van der Waals surface area contributed by atoms with E-state index in [1.807, 2.05) is 23.8 Å². The number of hydrogen-bond acceptors (Lipinski definition) is 6. The predicted molar refractivity (Wildman–Crippen MR) is 84.0 cm³/mol. The molecule has 5 nitrogen and oxygen atoms in total. The lowest BCUT2D eigenvalue weighted by Gasteiger charge is -2.04. The highest BCUT2D eigenvalue weighted by atomic mass is 32.1. The van der Waals surface area contributed by atoms with Crippen LogP contribution in [0.25, 0.3) is 10.6 Å². The van der Waals surface area contributed by atoms with Crippen molar-refractivity contribution in [2.75, 3.05) is 5.32 Å². The van der Waals surface area contributed by atoms with Crippen LogP contribution >= 0.6 is 22.7 Å². The van der Waals surface area contributed by atoms with E-state index in [1.165, 1.54) is 11.3 Å². The van der Waals surface area contributed by atoms with Gasteiger partial charge in [-0.15, -0.1) is 10.2 Å². The average Bonchev–Trinajstić information content (AvgIpc) is 3.08. The molecule has 0 saturated carbocycles. The second-order valence-corrected chi connectivity index (χ2v) is 6.16. The lowest BCUT2D eigenvalue weighted by atomic mass is 10.1. The molecule has 0 radical (unpaired) electrons. The van der Waals surface area contributed by atoms with Crippen molar-refractivity contribution in [2.45, 2.75) is 6.92 Å². The second-order valence-electron chi connectivity index (χ2n) is 4.40. The van der Waals surface area contributed by atoms with E-state index >= 15 is 0 Å². The highest BCUT2D eigenvalue weighted by Gasteiger charge is 2.14. The zero-order valence-electron chi connectivity index (χ0n) is 11.0. The highest BCUT2D eigenvalue weighted by molar-refractivity contribution is 7.19. The van der Waals surface area contributed by atoms with Gasteiger partial charge in [0.15, 0.2) is 0 Å². The minimum atomic E-state index is -0.402. The maximum atomic E-state index is 12.1. The molecule has 1 amide bonds. The molecule has 1 aromatic carbocycles. The molecule has 3 rings (SSSR count). The van der Waals surface area contributed by atoms with E-state index in [9.17, 15) is 9.90 Å². The van der Waals surface area contributed by atoms with E-state index < -0.39 is 5.91 Å². The third-order valence-electron chi connectivity index (χ3n) is 2.81. The van der Waals surface area contributed by atoms with Crippen molar-refractivity contribution in [1.29, 1.82) is 0 Å². The van der Waals surface area contributed by atoms with E-state index in [4.69, 9.17) is 0 Å². The molecule has 21 heavy (non-hydrogen) atoms. The van der Waals surface area contributed by atoms with Crippen LogP contribution in [0.2, 0.25) is 0 Å². The first-order chi connectivity index (χ1) is 10.1. The third kappa shape index (κ3) is 2.93. The number of rotatable bonds is 3. The molecule has 2 N–H and O–H groups in total. The number of phenolic OH excluding ortho intramolecular Hbond substituents is 1. The lowest BCUT2D eigenvalue weighted by Crippen LogP contribution is -2.11. The van der Waals surface area contributed by atoms with Gasteiger partial charge in [0.25, 0.3) is 5.91 Å². The Kier molecular flexibility index (Phi) is 3.68. The molecule has 0 unspecified atom stereocenters. The van der Waals surface area contributed by atoms with Crippen LogP contribution < -0.4 is 5.32 Å². The number of phenols is 1. The number of benzene rings is 1. The number of anilines is 1. The van der Waals surface area contributed by atoms with Crippen molar-refractivity contribution in [3.8, 4) is 16.3 Å². The molecule has 2 heterocycles.